The molecule has 0 radical (unpaired) electrons. The number of esters is 2. The van der Waals surface area contributed by atoms with Crippen LogP contribution in [0.1, 0.15) is 34.1 Å². The number of nitro groups is 1. The van der Waals surface area contributed by atoms with Gasteiger partial charge in [0.15, 0.2) is 0 Å². The van der Waals surface area contributed by atoms with E-state index in [4.69, 9.17) is 18.6 Å². The summed E-state index contributed by atoms with van der Waals surface area (Å²) in [5.74, 6) is -0.930. The first-order valence-electron chi connectivity index (χ1n) is 10.8. The zero-order chi connectivity index (χ0) is 25.7. The van der Waals surface area contributed by atoms with Crippen molar-refractivity contribution in [2.75, 3.05) is 6.61 Å². The van der Waals surface area contributed by atoms with Gasteiger partial charge in [-0.1, -0.05) is 13.0 Å². The number of carbonyl (C=O) groups excluding carboxylic acids is 2. The van der Waals surface area contributed by atoms with Crippen LogP contribution in [-0.2, 0) is 4.74 Å². The fraction of sp³-hybridized carbons (Fsp3) is 0.115. The van der Waals surface area contributed by atoms with E-state index in [1.807, 2.05) is 6.92 Å². The number of non-ortho nitro benzene ring substituents is 1. The Morgan fingerprint density at radius 3 is 2.42 bits per heavy atom. The molecular weight excluding hydrogens is 470 g/mol. The fourth-order valence-corrected chi connectivity index (χ4v) is 3.20. The summed E-state index contributed by atoms with van der Waals surface area (Å²) in [6.45, 7) is 2.22. The molecule has 0 unspecified atom stereocenters. The highest BCUT2D eigenvalue weighted by Gasteiger charge is 2.16. The van der Waals surface area contributed by atoms with E-state index >= 15 is 0 Å². The molecule has 0 atom stereocenters. The van der Waals surface area contributed by atoms with Gasteiger partial charge in [0.2, 0.25) is 11.2 Å². The van der Waals surface area contributed by atoms with Crippen molar-refractivity contribution < 1.29 is 33.1 Å². The van der Waals surface area contributed by atoms with Gasteiger partial charge in [-0.15, -0.1) is 0 Å². The SMILES string of the molecule is CCCOC(=O)c1ccc(Oc2coc3cc(OC(=O)c4cccc([N+](=O)[O-])c4)ccc3c2=O)cc1. The van der Waals surface area contributed by atoms with Crippen LogP contribution in [0.5, 0.6) is 17.2 Å². The second-order valence-corrected chi connectivity index (χ2v) is 7.55. The van der Waals surface area contributed by atoms with Gasteiger partial charge in [0.1, 0.15) is 23.3 Å². The number of hydrogen-bond donors (Lipinski definition) is 0. The Hall–Kier alpha value is -4.99. The number of hydrogen-bond acceptors (Lipinski definition) is 9. The van der Waals surface area contributed by atoms with Gasteiger partial charge < -0.3 is 18.6 Å². The molecule has 4 aromatic rings. The molecule has 0 saturated carbocycles. The van der Waals surface area contributed by atoms with E-state index in [-0.39, 0.29) is 33.7 Å². The van der Waals surface area contributed by atoms with E-state index in [0.29, 0.717) is 24.3 Å². The molecule has 0 fully saturated rings. The van der Waals surface area contributed by atoms with E-state index < -0.39 is 22.3 Å². The topological polar surface area (TPSA) is 135 Å². The van der Waals surface area contributed by atoms with Gasteiger partial charge in [0, 0.05) is 18.2 Å². The van der Waals surface area contributed by atoms with Crippen LogP contribution in [0.25, 0.3) is 11.0 Å². The third-order valence-corrected chi connectivity index (χ3v) is 4.97. The van der Waals surface area contributed by atoms with E-state index in [9.17, 15) is 24.5 Å². The monoisotopic (exact) mass is 489 g/mol. The van der Waals surface area contributed by atoms with Gasteiger partial charge in [-0.2, -0.15) is 0 Å². The van der Waals surface area contributed by atoms with Crippen molar-refractivity contribution >= 4 is 28.6 Å². The van der Waals surface area contributed by atoms with Crippen molar-refractivity contribution in [2.45, 2.75) is 13.3 Å². The molecular formula is C26H19NO9. The third kappa shape index (κ3) is 5.39. The maximum Gasteiger partial charge on any atom is 0.343 e. The average Bonchev–Trinajstić information content (AvgIpc) is 2.89. The lowest BCUT2D eigenvalue weighted by molar-refractivity contribution is -0.384. The Bertz CT molecular complexity index is 1510. The summed E-state index contributed by atoms with van der Waals surface area (Å²) >= 11 is 0. The molecule has 0 bridgehead atoms. The molecule has 0 N–H and O–H groups in total. The minimum atomic E-state index is -0.803. The van der Waals surface area contributed by atoms with E-state index in [1.165, 1.54) is 60.7 Å². The zero-order valence-electron chi connectivity index (χ0n) is 19.0. The summed E-state index contributed by atoms with van der Waals surface area (Å²) in [5, 5.41) is 11.1. The predicted molar refractivity (Wildman–Crippen MR) is 128 cm³/mol. The number of rotatable bonds is 8. The average molecular weight is 489 g/mol. The van der Waals surface area contributed by atoms with Gasteiger partial charge in [0.05, 0.1) is 28.0 Å². The largest absolute Gasteiger partial charge is 0.462 e. The molecule has 0 aliphatic heterocycles. The Labute approximate surface area is 203 Å². The van der Waals surface area contributed by atoms with E-state index in [0.717, 1.165) is 12.3 Å². The molecule has 1 aromatic heterocycles. The van der Waals surface area contributed by atoms with E-state index in [2.05, 4.69) is 0 Å². The van der Waals surface area contributed by atoms with Crippen molar-refractivity contribution in [3.05, 3.63) is 104 Å². The second-order valence-electron chi connectivity index (χ2n) is 7.55. The number of fused-ring (bicyclic) bond motifs is 1. The summed E-state index contributed by atoms with van der Waals surface area (Å²) in [6.07, 6.45) is 1.84. The molecule has 0 spiro atoms. The third-order valence-electron chi connectivity index (χ3n) is 4.97. The van der Waals surface area contributed by atoms with Gasteiger partial charge in [-0.25, -0.2) is 9.59 Å². The first-order valence-corrected chi connectivity index (χ1v) is 10.8. The standard InChI is InChI=1S/C26H19NO9/c1-2-12-33-25(29)16-6-8-19(9-7-16)35-23-15-34-22-14-20(10-11-21(22)24(23)28)36-26(30)17-4-3-5-18(13-17)27(31)32/h3-11,13-15H,2,12H2,1H3. The van der Waals surface area contributed by atoms with Gasteiger partial charge in [0.25, 0.3) is 5.69 Å². The Balaban J connectivity index is 1.50. The molecule has 182 valence electrons. The normalized spacial score (nSPS) is 10.6. The van der Waals surface area contributed by atoms with Crippen LogP contribution in [0.4, 0.5) is 5.69 Å². The molecule has 0 aliphatic rings. The zero-order valence-corrected chi connectivity index (χ0v) is 19.0. The second kappa shape index (κ2) is 10.5. The summed E-state index contributed by atoms with van der Waals surface area (Å²) in [7, 11) is 0. The van der Waals surface area contributed by atoms with Gasteiger partial charge >= 0.3 is 11.9 Å². The van der Waals surface area contributed by atoms with Crippen LogP contribution in [0.3, 0.4) is 0 Å². The lowest BCUT2D eigenvalue weighted by Gasteiger charge is -2.08. The molecule has 0 aliphatic carbocycles. The number of nitro benzene ring substituents is 1. The highest BCUT2D eigenvalue weighted by molar-refractivity contribution is 5.92. The summed E-state index contributed by atoms with van der Waals surface area (Å²) < 4.78 is 21.5. The van der Waals surface area contributed by atoms with Gasteiger partial charge in [-0.3, -0.25) is 14.9 Å². The Morgan fingerprint density at radius 2 is 1.69 bits per heavy atom. The highest BCUT2D eigenvalue weighted by Crippen LogP contribution is 2.25. The number of ether oxygens (including phenoxy) is 3. The quantitative estimate of drug-likeness (QED) is 0.140. The number of nitrogens with zero attached hydrogens (tertiary/aromatic N) is 1. The first-order chi connectivity index (χ1) is 17.4. The molecule has 36 heavy (non-hydrogen) atoms. The summed E-state index contributed by atoms with van der Waals surface area (Å²) in [4.78, 5) is 47.4. The molecule has 10 nitrogen and oxygen atoms in total. The number of carbonyl (C=O) groups is 2. The van der Waals surface area contributed by atoms with Crippen molar-refractivity contribution in [3.63, 3.8) is 0 Å². The minimum Gasteiger partial charge on any atom is -0.462 e. The molecule has 0 amide bonds. The van der Waals surface area contributed by atoms with Crippen LogP contribution < -0.4 is 14.9 Å². The lowest BCUT2D eigenvalue weighted by atomic mass is 10.2. The predicted octanol–water partition coefficient (Wildman–Crippen LogP) is 5.28. The Morgan fingerprint density at radius 1 is 0.944 bits per heavy atom. The molecule has 1 heterocycles. The van der Waals surface area contributed by atoms with Crippen LogP contribution >= 0.6 is 0 Å². The van der Waals surface area contributed by atoms with Crippen LogP contribution in [0, 0.1) is 10.1 Å². The lowest BCUT2D eigenvalue weighted by Crippen LogP contribution is -2.09. The fourth-order valence-electron chi connectivity index (χ4n) is 3.20. The molecule has 4 rings (SSSR count). The van der Waals surface area contributed by atoms with Crippen LogP contribution in [0.2, 0.25) is 0 Å². The molecule has 10 heteroatoms. The van der Waals surface area contributed by atoms with Crippen molar-refractivity contribution in [1.29, 1.82) is 0 Å². The van der Waals surface area contributed by atoms with Gasteiger partial charge in [-0.05, 0) is 48.9 Å². The van der Waals surface area contributed by atoms with Crippen molar-refractivity contribution in [2.24, 2.45) is 0 Å². The minimum absolute atomic E-state index is 0.000794. The van der Waals surface area contributed by atoms with Crippen LogP contribution in [0.15, 0.2) is 82.2 Å². The first kappa shape index (κ1) is 24.1. The van der Waals surface area contributed by atoms with Crippen LogP contribution in [-0.4, -0.2) is 23.5 Å². The van der Waals surface area contributed by atoms with E-state index in [1.54, 1.807) is 0 Å². The summed E-state index contributed by atoms with van der Waals surface area (Å²) in [5.41, 5.74) is -0.204. The number of benzene rings is 3. The van der Waals surface area contributed by atoms with Crippen molar-refractivity contribution in [3.8, 4) is 17.2 Å². The smallest absolute Gasteiger partial charge is 0.343 e. The molecule has 3 aromatic carbocycles. The highest BCUT2D eigenvalue weighted by atomic mass is 16.6. The summed E-state index contributed by atoms with van der Waals surface area (Å²) in [6, 6.07) is 15.4. The van der Waals surface area contributed by atoms with Crippen molar-refractivity contribution in [1.82, 2.24) is 0 Å². The Kier molecular flexibility index (Phi) is 7.05. The maximum atomic E-state index is 12.9. The maximum absolute atomic E-state index is 12.9. The molecule has 0 saturated heterocycles.